The molecule has 3 heterocycles. The minimum atomic E-state index is -0.234. The summed E-state index contributed by atoms with van der Waals surface area (Å²) >= 11 is 1.62. The smallest absolute Gasteiger partial charge is 0.229 e. The number of halogens is 1. The van der Waals surface area contributed by atoms with Gasteiger partial charge in [0.15, 0.2) is 0 Å². The van der Waals surface area contributed by atoms with Crippen molar-refractivity contribution < 1.29 is 4.39 Å². The van der Waals surface area contributed by atoms with E-state index in [4.69, 9.17) is 4.98 Å². The Hall–Kier alpha value is -3.14. The van der Waals surface area contributed by atoms with Crippen molar-refractivity contribution in [2.24, 2.45) is 0 Å². The molecule has 188 valence electrons. The van der Waals surface area contributed by atoms with Gasteiger partial charge in [-0.1, -0.05) is 0 Å². The largest absolute Gasteiger partial charge is 0.367 e. The van der Waals surface area contributed by atoms with Crippen molar-refractivity contribution >= 4 is 40.3 Å². The molecule has 36 heavy (non-hydrogen) atoms. The first kappa shape index (κ1) is 24.5. The van der Waals surface area contributed by atoms with Crippen LogP contribution in [0.3, 0.4) is 0 Å². The molecule has 4 aromatic rings. The Morgan fingerprint density at radius 2 is 1.78 bits per heavy atom. The minimum absolute atomic E-state index is 0.234. The van der Waals surface area contributed by atoms with E-state index in [-0.39, 0.29) is 5.82 Å². The normalized spacial score (nSPS) is 14.7. The van der Waals surface area contributed by atoms with E-state index in [0.717, 1.165) is 53.4 Å². The van der Waals surface area contributed by atoms with Crippen LogP contribution >= 0.6 is 11.9 Å². The molecule has 2 N–H and O–H groups in total. The first-order valence-corrected chi connectivity index (χ1v) is 13.1. The van der Waals surface area contributed by atoms with Crippen LogP contribution in [0.5, 0.6) is 0 Å². The van der Waals surface area contributed by atoms with E-state index in [1.54, 1.807) is 24.2 Å². The maximum absolute atomic E-state index is 15.1. The summed E-state index contributed by atoms with van der Waals surface area (Å²) < 4.78 is 20.5. The van der Waals surface area contributed by atoms with Gasteiger partial charge >= 0.3 is 0 Å². The fraction of sp³-hybridized carbons (Fsp3) is 0.333. The Balaban J connectivity index is 1.37. The van der Waals surface area contributed by atoms with Crippen LogP contribution in [0.15, 0.2) is 59.8 Å². The van der Waals surface area contributed by atoms with Gasteiger partial charge in [-0.25, -0.2) is 9.37 Å². The van der Waals surface area contributed by atoms with Gasteiger partial charge in [0.25, 0.3) is 0 Å². The third kappa shape index (κ3) is 5.33. The predicted molar refractivity (Wildman–Crippen MR) is 147 cm³/mol. The van der Waals surface area contributed by atoms with Crippen molar-refractivity contribution in [2.45, 2.75) is 31.7 Å². The Morgan fingerprint density at radius 3 is 2.50 bits per heavy atom. The number of nitrogens with one attached hydrogen (secondary N) is 2. The molecule has 0 atom stereocenters. The van der Waals surface area contributed by atoms with Crippen LogP contribution < -0.4 is 14.9 Å². The zero-order chi connectivity index (χ0) is 25.2. The highest BCUT2D eigenvalue weighted by Crippen LogP contribution is 2.29. The molecule has 7 nitrogen and oxygen atoms in total. The number of fused-ring (bicyclic) bond motifs is 1. The average Bonchev–Trinajstić information content (AvgIpc) is 3.29. The lowest BCUT2D eigenvalue weighted by molar-refractivity contribution is 0.311. The molecule has 0 spiro atoms. The molecule has 0 saturated carbocycles. The Morgan fingerprint density at radius 1 is 1.03 bits per heavy atom. The lowest BCUT2D eigenvalue weighted by Gasteiger charge is -2.34. The molecule has 1 fully saturated rings. The second-order valence-electron chi connectivity index (χ2n) is 9.56. The van der Waals surface area contributed by atoms with Crippen LogP contribution in [0.25, 0.3) is 16.7 Å². The number of piperazine rings is 1. The number of likely N-dealkylation sites (N-methyl/N-ethyl adjacent to an activating group) is 1. The summed E-state index contributed by atoms with van der Waals surface area (Å²) in [5.74, 6) is 0.202. The van der Waals surface area contributed by atoms with Gasteiger partial charge in [-0.05, 0) is 87.8 Å². The fourth-order valence-corrected chi connectivity index (χ4v) is 4.90. The number of hydrogen-bond donors (Lipinski definition) is 2. The lowest BCUT2D eigenvalue weighted by atomic mass is 10.1. The number of aryl methyl sites for hydroxylation is 1. The number of hydrogen-bond acceptors (Lipinski definition) is 7. The van der Waals surface area contributed by atoms with Crippen LogP contribution in [-0.2, 0) is 0 Å². The highest BCUT2D eigenvalue weighted by atomic mass is 32.2. The SMILES string of the molecule is Cc1cc(N2CCN(C)CC2)c(F)cc1Nc1ncc2ccn(-c3ccc(SNC(C)C)cc3)c2n1. The highest BCUT2D eigenvalue weighted by Gasteiger charge is 2.19. The predicted octanol–water partition coefficient (Wildman–Crippen LogP) is 5.37. The van der Waals surface area contributed by atoms with Gasteiger partial charge in [0, 0.05) is 66.3 Å². The lowest BCUT2D eigenvalue weighted by Crippen LogP contribution is -2.44. The Kier molecular flexibility index (Phi) is 7.13. The van der Waals surface area contributed by atoms with E-state index in [0.29, 0.717) is 23.4 Å². The van der Waals surface area contributed by atoms with E-state index >= 15 is 4.39 Å². The van der Waals surface area contributed by atoms with Gasteiger partial charge < -0.3 is 19.7 Å². The highest BCUT2D eigenvalue weighted by molar-refractivity contribution is 7.97. The summed E-state index contributed by atoms with van der Waals surface area (Å²) in [5.41, 5.74) is 4.08. The number of nitrogens with zero attached hydrogens (tertiary/aromatic N) is 5. The summed E-state index contributed by atoms with van der Waals surface area (Å²) in [6.07, 6.45) is 3.79. The molecular weight excluding hydrogens is 473 g/mol. The van der Waals surface area contributed by atoms with Crippen molar-refractivity contribution in [1.29, 1.82) is 0 Å². The molecule has 0 radical (unpaired) electrons. The molecule has 1 aliphatic heterocycles. The van der Waals surface area contributed by atoms with E-state index in [1.165, 1.54) is 0 Å². The zero-order valence-corrected chi connectivity index (χ0v) is 21.9. The van der Waals surface area contributed by atoms with Crippen LogP contribution in [0.4, 0.5) is 21.7 Å². The maximum Gasteiger partial charge on any atom is 0.229 e. The molecular formula is C27H32FN7S. The number of benzene rings is 2. The summed E-state index contributed by atoms with van der Waals surface area (Å²) in [7, 11) is 2.10. The monoisotopic (exact) mass is 505 g/mol. The van der Waals surface area contributed by atoms with Gasteiger partial charge in [0.05, 0.1) is 5.69 Å². The van der Waals surface area contributed by atoms with Crippen molar-refractivity contribution in [3.8, 4) is 5.69 Å². The molecule has 1 aliphatic rings. The topological polar surface area (TPSA) is 61.2 Å². The maximum atomic E-state index is 15.1. The van der Waals surface area contributed by atoms with Crippen LogP contribution in [0.2, 0.25) is 0 Å². The van der Waals surface area contributed by atoms with Gasteiger partial charge in [0.2, 0.25) is 5.95 Å². The number of rotatable bonds is 7. The summed E-state index contributed by atoms with van der Waals surface area (Å²) in [5, 5.41) is 4.17. The van der Waals surface area contributed by atoms with Crippen molar-refractivity contribution in [3.63, 3.8) is 0 Å². The standard InChI is InChI=1S/C27H32FN7S/c1-18(2)32-36-22-7-5-21(6-8-22)35-10-9-20-17-29-27(31-26(20)35)30-24-16-23(28)25(15-19(24)3)34-13-11-33(4)12-14-34/h5-10,15-18,32H,11-14H2,1-4H3,(H,29,30,31). The van der Waals surface area contributed by atoms with Gasteiger partial charge in [-0.15, -0.1) is 0 Å². The van der Waals surface area contributed by atoms with Crippen molar-refractivity contribution in [2.75, 3.05) is 43.4 Å². The third-order valence-corrected chi connectivity index (χ3v) is 7.44. The molecule has 0 bridgehead atoms. The zero-order valence-electron chi connectivity index (χ0n) is 21.1. The van der Waals surface area contributed by atoms with E-state index < -0.39 is 0 Å². The van der Waals surface area contributed by atoms with Gasteiger partial charge in [-0.3, -0.25) is 4.72 Å². The first-order valence-electron chi connectivity index (χ1n) is 12.2. The van der Waals surface area contributed by atoms with Crippen LogP contribution in [0, 0.1) is 12.7 Å². The van der Waals surface area contributed by atoms with Crippen LogP contribution in [0.1, 0.15) is 19.4 Å². The quantitative estimate of drug-likeness (QED) is 0.328. The summed E-state index contributed by atoms with van der Waals surface area (Å²) in [4.78, 5) is 14.8. The van der Waals surface area contributed by atoms with E-state index in [9.17, 15) is 0 Å². The van der Waals surface area contributed by atoms with Gasteiger partial charge in [-0.2, -0.15) is 4.98 Å². The number of anilines is 3. The molecule has 2 aromatic heterocycles. The second-order valence-corrected chi connectivity index (χ2v) is 10.5. The second kappa shape index (κ2) is 10.5. The average molecular weight is 506 g/mol. The Labute approximate surface area is 215 Å². The summed E-state index contributed by atoms with van der Waals surface area (Å²) in [6, 6.07) is 14.2. The molecule has 1 saturated heterocycles. The minimum Gasteiger partial charge on any atom is -0.367 e. The molecule has 5 rings (SSSR count). The summed E-state index contributed by atoms with van der Waals surface area (Å²) in [6.45, 7) is 9.74. The van der Waals surface area contributed by atoms with Crippen LogP contribution in [-0.4, -0.2) is 58.7 Å². The fourth-order valence-electron chi connectivity index (χ4n) is 4.26. The molecule has 0 unspecified atom stereocenters. The molecule has 9 heteroatoms. The molecule has 2 aromatic carbocycles. The third-order valence-electron chi connectivity index (χ3n) is 6.34. The molecule has 0 amide bonds. The Bertz CT molecular complexity index is 1340. The van der Waals surface area contributed by atoms with Gasteiger partial charge in [0.1, 0.15) is 11.5 Å². The van der Waals surface area contributed by atoms with Crippen molar-refractivity contribution in [3.05, 3.63) is 66.2 Å². The van der Waals surface area contributed by atoms with E-state index in [2.05, 4.69) is 70.0 Å². The van der Waals surface area contributed by atoms with E-state index in [1.807, 2.05) is 29.8 Å². The first-order chi connectivity index (χ1) is 17.4. The molecule has 0 aliphatic carbocycles. The van der Waals surface area contributed by atoms with Crippen molar-refractivity contribution in [1.82, 2.24) is 24.2 Å². The number of aromatic nitrogens is 3.